The van der Waals surface area contributed by atoms with Gasteiger partial charge in [-0.25, -0.2) is 0 Å². The van der Waals surface area contributed by atoms with Gasteiger partial charge in [-0.15, -0.1) is 0 Å². The van der Waals surface area contributed by atoms with Crippen molar-refractivity contribution in [3.63, 3.8) is 0 Å². The van der Waals surface area contributed by atoms with Crippen LogP contribution in [-0.2, 0) is 19.1 Å². The molecule has 0 atom stereocenters. The molecule has 0 aromatic heterocycles. The van der Waals surface area contributed by atoms with Crippen LogP contribution in [0.5, 0.6) is 0 Å². The Morgan fingerprint density at radius 3 is 1.67 bits per heavy atom. The fourth-order valence-corrected chi connectivity index (χ4v) is 5.14. The SMILES string of the molecule is CC(C)C1(C(C)C)C(=O)OC2(OC1=O)SCCS2. The van der Waals surface area contributed by atoms with Crippen molar-refractivity contribution in [1.29, 1.82) is 0 Å². The summed E-state index contributed by atoms with van der Waals surface area (Å²) in [6.07, 6.45) is 0. The summed E-state index contributed by atoms with van der Waals surface area (Å²) >= 11 is 2.75. The smallest absolute Gasteiger partial charge is 0.358 e. The van der Waals surface area contributed by atoms with Crippen LogP contribution >= 0.6 is 23.5 Å². The Labute approximate surface area is 116 Å². The van der Waals surface area contributed by atoms with Gasteiger partial charge in [-0.1, -0.05) is 51.2 Å². The zero-order valence-corrected chi connectivity index (χ0v) is 12.7. The third kappa shape index (κ3) is 1.84. The molecular formula is C12H18O4S2. The van der Waals surface area contributed by atoms with Gasteiger partial charge < -0.3 is 9.47 Å². The Balaban J connectivity index is 2.36. The normalized spacial score (nSPS) is 25.7. The Bertz CT molecular complexity index is 342. The summed E-state index contributed by atoms with van der Waals surface area (Å²) in [6, 6.07) is 0. The van der Waals surface area contributed by atoms with Crippen molar-refractivity contribution in [2.75, 3.05) is 11.5 Å². The van der Waals surface area contributed by atoms with Gasteiger partial charge in [0.05, 0.1) is 0 Å². The van der Waals surface area contributed by atoms with E-state index in [-0.39, 0.29) is 11.8 Å². The van der Waals surface area contributed by atoms with Crippen molar-refractivity contribution in [3.05, 3.63) is 0 Å². The lowest BCUT2D eigenvalue weighted by molar-refractivity contribution is -0.222. The van der Waals surface area contributed by atoms with Crippen LogP contribution in [0.25, 0.3) is 0 Å². The monoisotopic (exact) mass is 290 g/mol. The molecule has 0 N–H and O–H groups in total. The van der Waals surface area contributed by atoms with Crippen molar-refractivity contribution < 1.29 is 19.1 Å². The number of carbonyl (C=O) groups excluding carboxylic acids is 2. The molecule has 0 aliphatic carbocycles. The average Bonchev–Trinajstić information content (AvgIpc) is 2.64. The summed E-state index contributed by atoms with van der Waals surface area (Å²) in [5, 5.41) is 0. The minimum Gasteiger partial charge on any atom is -0.403 e. The quantitative estimate of drug-likeness (QED) is 0.575. The summed E-state index contributed by atoms with van der Waals surface area (Å²) in [6.45, 7) is 7.43. The highest BCUT2D eigenvalue weighted by Gasteiger charge is 2.63. The topological polar surface area (TPSA) is 52.6 Å². The lowest BCUT2D eigenvalue weighted by atomic mass is 9.68. The summed E-state index contributed by atoms with van der Waals surface area (Å²) in [5.74, 6) is 0.470. The first-order valence-corrected chi connectivity index (χ1v) is 8.07. The van der Waals surface area contributed by atoms with Crippen LogP contribution in [0.2, 0.25) is 0 Å². The molecule has 2 fully saturated rings. The zero-order chi connectivity index (χ0) is 13.6. The van der Waals surface area contributed by atoms with Gasteiger partial charge in [-0.05, 0) is 11.8 Å². The molecule has 4 nitrogen and oxygen atoms in total. The zero-order valence-electron chi connectivity index (χ0n) is 11.0. The lowest BCUT2D eigenvalue weighted by Crippen LogP contribution is -2.58. The van der Waals surface area contributed by atoms with E-state index in [0.29, 0.717) is 0 Å². The second kappa shape index (κ2) is 4.63. The summed E-state index contributed by atoms with van der Waals surface area (Å²) in [5.41, 5.74) is -1.17. The van der Waals surface area contributed by atoms with E-state index in [1.165, 1.54) is 23.5 Å². The fraction of sp³-hybridized carbons (Fsp3) is 0.833. The Hall–Kier alpha value is -0.360. The Morgan fingerprint density at radius 1 is 0.944 bits per heavy atom. The molecule has 2 rings (SSSR count). The van der Waals surface area contributed by atoms with Crippen molar-refractivity contribution in [2.45, 2.75) is 32.1 Å². The van der Waals surface area contributed by atoms with Crippen molar-refractivity contribution in [2.24, 2.45) is 17.3 Å². The van der Waals surface area contributed by atoms with Crippen LogP contribution < -0.4 is 0 Å². The fourth-order valence-electron chi connectivity index (χ4n) is 2.60. The maximum atomic E-state index is 12.4. The predicted octanol–water partition coefficient (Wildman–Crippen LogP) is 2.48. The summed E-state index contributed by atoms with van der Waals surface area (Å²) < 4.78 is 9.85. The van der Waals surface area contributed by atoms with E-state index in [4.69, 9.17) is 9.47 Å². The number of esters is 2. The number of hydrogen-bond donors (Lipinski definition) is 0. The van der Waals surface area contributed by atoms with Crippen LogP contribution in [0.15, 0.2) is 0 Å². The van der Waals surface area contributed by atoms with Gasteiger partial charge in [0.25, 0.3) is 0 Å². The van der Waals surface area contributed by atoms with E-state index in [1.807, 2.05) is 27.7 Å². The minimum absolute atomic E-state index is 0.147. The number of thioether (sulfide) groups is 2. The molecule has 1 spiro atoms. The second-order valence-electron chi connectivity index (χ2n) is 5.15. The molecule has 0 unspecified atom stereocenters. The third-order valence-electron chi connectivity index (χ3n) is 3.57. The highest BCUT2D eigenvalue weighted by molar-refractivity contribution is 8.20. The molecule has 2 saturated heterocycles. The molecule has 18 heavy (non-hydrogen) atoms. The average molecular weight is 290 g/mol. The van der Waals surface area contributed by atoms with Crippen LogP contribution in [0.3, 0.4) is 0 Å². The van der Waals surface area contributed by atoms with Crippen molar-refractivity contribution in [1.82, 2.24) is 0 Å². The summed E-state index contributed by atoms with van der Waals surface area (Å²) in [7, 11) is 0. The van der Waals surface area contributed by atoms with Gasteiger partial charge in [-0.3, -0.25) is 9.59 Å². The maximum absolute atomic E-state index is 12.4. The van der Waals surface area contributed by atoms with E-state index >= 15 is 0 Å². The molecule has 102 valence electrons. The van der Waals surface area contributed by atoms with E-state index in [0.717, 1.165) is 11.5 Å². The molecule has 0 aromatic carbocycles. The number of carbonyl (C=O) groups is 2. The molecule has 2 aliphatic heterocycles. The molecule has 6 heteroatoms. The van der Waals surface area contributed by atoms with Crippen LogP contribution in [0.4, 0.5) is 0 Å². The van der Waals surface area contributed by atoms with E-state index < -0.39 is 21.8 Å². The summed E-state index contributed by atoms with van der Waals surface area (Å²) in [4.78, 5) is 24.8. The third-order valence-corrected chi connectivity index (χ3v) is 6.40. The lowest BCUT2D eigenvalue weighted by Gasteiger charge is -2.44. The van der Waals surface area contributed by atoms with E-state index in [2.05, 4.69) is 0 Å². The second-order valence-corrected chi connectivity index (χ2v) is 7.88. The Morgan fingerprint density at radius 2 is 1.33 bits per heavy atom. The molecule has 0 amide bonds. The molecular weight excluding hydrogens is 272 g/mol. The largest absolute Gasteiger partial charge is 0.403 e. The van der Waals surface area contributed by atoms with Gasteiger partial charge in [0.2, 0.25) is 0 Å². The first-order chi connectivity index (χ1) is 8.35. The number of rotatable bonds is 2. The number of ether oxygens (including phenoxy) is 2. The van der Waals surface area contributed by atoms with Gasteiger partial charge in [0.15, 0.2) is 5.41 Å². The molecule has 0 radical (unpaired) electrons. The molecule has 0 saturated carbocycles. The van der Waals surface area contributed by atoms with Crippen molar-refractivity contribution >= 4 is 35.5 Å². The highest BCUT2D eigenvalue weighted by Crippen LogP contribution is 2.53. The van der Waals surface area contributed by atoms with E-state index in [9.17, 15) is 9.59 Å². The van der Waals surface area contributed by atoms with Crippen LogP contribution in [-0.4, -0.2) is 27.9 Å². The molecule has 0 aromatic rings. The molecule has 2 heterocycles. The van der Waals surface area contributed by atoms with Crippen molar-refractivity contribution in [3.8, 4) is 0 Å². The molecule has 2 aliphatic rings. The van der Waals surface area contributed by atoms with E-state index in [1.54, 1.807) is 0 Å². The number of hydrogen-bond acceptors (Lipinski definition) is 6. The van der Waals surface area contributed by atoms with Crippen LogP contribution in [0.1, 0.15) is 27.7 Å². The van der Waals surface area contributed by atoms with Gasteiger partial charge in [0.1, 0.15) is 0 Å². The van der Waals surface area contributed by atoms with Crippen LogP contribution in [0, 0.1) is 17.3 Å². The minimum atomic E-state index is -1.17. The standard InChI is InChI=1S/C12H18O4S2/c1-7(2)11(8(3)4)9(13)15-12(16-10(11)14)17-5-6-18-12/h7-8H,5-6H2,1-4H3. The first-order valence-electron chi connectivity index (χ1n) is 6.10. The Kier molecular flexibility index (Phi) is 3.62. The van der Waals surface area contributed by atoms with Gasteiger partial charge in [-0.2, -0.15) is 0 Å². The first kappa shape index (κ1) is 14.1. The predicted molar refractivity (Wildman–Crippen MR) is 71.9 cm³/mol. The van der Waals surface area contributed by atoms with Gasteiger partial charge in [0, 0.05) is 11.5 Å². The van der Waals surface area contributed by atoms with Gasteiger partial charge >= 0.3 is 16.4 Å². The molecule has 0 bridgehead atoms. The highest BCUT2D eigenvalue weighted by atomic mass is 32.2. The maximum Gasteiger partial charge on any atom is 0.358 e.